The summed E-state index contributed by atoms with van der Waals surface area (Å²) in [6, 6.07) is 25.7. The van der Waals surface area contributed by atoms with Crippen molar-refractivity contribution < 1.29 is 0 Å². The molecular weight excluding hydrogens is 292 g/mol. The van der Waals surface area contributed by atoms with Gasteiger partial charge in [0.2, 0.25) is 0 Å². The average Bonchev–Trinajstić information content (AvgIpc) is 2.63. The molecule has 1 aromatic heterocycles. The van der Waals surface area contributed by atoms with Crippen LogP contribution in [-0.2, 0) is 12.1 Å². The Morgan fingerprint density at radius 1 is 0.792 bits per heavy atom. The normalized spacial score (nSPS) is 15.7. The van der Waals surface area contributed by atoms with E-state index < -0.39 is 0 Å². The fourth-order valence-corrected chi connectivity index (χ4v) is 3.47. The van der Waals surface area contributed by atoms with E-state index in [1.165, 1.54) is 36.0 Å². The Kier molecular flexibility index (Phi) is 4.14. The van der Waals surface area contributed by atoms with Crippen LogP contribution in [0.15, 0.2) is 79.0 Å². The largest absolute Gasteiger partial charge is 0.302 e. The third-order valence-corrected chi connectivity index (χ3v) is 5.09. The van der Waals surface area contributed by atoms with Crippen LogP contribution >= 0.6 is 0 Å². The highest BCUT2D eigenvalue weighted by molar-refractivity contribution is 5.63. The molecule has 2 aromatic carbocycles. The Hall–Kier alpha value is -2.45. The van der Waals surface area contributed by atoms with Gasteiger partial charge in [-0.05, 0) is 48.1 Å². The molecule has 1 fully saturated rings. The van der Waals surface area contributed by atoms with E-state index in [-0.39, 0.29) is 5.54 Å². The molecule has 0 amide bonds. The first-order valence-corrected chi connectivity index (χ1v) is 8.67. The van der Waals surface area contributed by atoms with Crippen molar-refractivity contribution in [3.8, 4) is 11.1 Å². The number of benzene rings is 2. The average molecular weight is 314 g/mol. The van der Waals surface area contributed by atoms with Crippen molar-refractivity contribution in [1.82, 2.24) is 10.3 Å². The molecule has 120 valence electrons. The fraction of sp³-hybridized carbons (Fsp3) is 0.227. The lowest BCUT2D eigenvalue weighted by Crippen LogP contribution is -2.47. The topological polar surface area (TPSA) is 24.9 Å². The number of nitrogens with zero attached hydrogens (tertiary/aromatic N) is 1. The van der Waals surface area contributed by atoms with Gasteiger partial charge in [-0.2, -0.15) is 0 Å². The first-order chi connectivity index (χ1) is 11.9. The Bertz CT molecular complexity index is 775. The van der Waals surface area contributed by atoms with Gasteiger partial charge in [-0.15, -0.1) is 0 Å². The first-order valence-electron chi connectivity index (χ1n) is 8.67. The van der Waals surface area contributed by atoms with E-state index in [0.717, 1.165) is 12.2 Å². The van der Waals surface area contributed by atoms with Crippen molar-refractivity contribution in [2.75, 3.05) is 0 Å². The van der Waals surface area contributed by atoms with Crippen LogP contribution in [0.5, 0.6) is 0 Å². The Balaban J connectivity index is 1.52. The molecule has 1 aliphatic rings. The molecule has 1 saturated carbocycles. The maximum atomic E-state index is 4.43. The standard InChI is InChI=1S/C22H22N2/c1-2-7-18(8-3-1)19-10-12-20(13-11-19)22(14-6-15-22)24-17-21-9-4-5-16-23-21/h1-5,7-13,16,24H,6,14-15,17H2. The van der Waals surface area contributed by atoms with E-state index in [1.54, 1.807) is 0 Å². The molecule has 0 unspecified atom stereocenters. The lowest BCUT2D eigenvalue weighted by atomic mass is 9.71. The second-order valence-corrected chi connectivity index (χ2v) is 6.55. The van der Waals surface area contributed by atoms with Crippen LogP contribution in [0.2, 0.25) is 0 Å². The summed E-state index contributed by atoms with van der Waals surface area (Å²) in [6.07, 6.45) is 5.55. The van der Waals surface area contributed by atoms with Crippen molar-refractivity contribution in [3.05, 3.63) is 90.3 Å². The second-order valence-electron chi connectivity index (χ2n) is 6.55. The molecule has 3 aromatic rings. The monoisotopic (exact) mass is 314 g/mol. The molecule has 2 heteroatoms. The molecule has 0 spiro atoms. The Labute approximate surface area is 143 Å². The highest BCUT2D eigenvalue weighted by atomic mass is 15.0. The summed E-state index contributed by atoms with van der Waals surface area (Å²) in [7, 11) is 0. The summed E-state index contributed by atoms with van der Waals surface area (Å²) in [5, 5.41) is 3.76. The van der Waals surface area contributed by atoms with Crippen molar-refractivity contribution in [2.45, 2.75) is 31.3 Å². The molecule has 24 heavy (non-hydrogen) atoms. The zero-order valence-electron chi connectivity index (χ0n) is 13.8. The van der Waals surface area contributed by atoms with Crippen molar-refractivity contribution >= 4 is 0 Å². The second kappa shape index (κ2) is 6.58. The van der Waals surface area contributed by atoms with Crippen LogP contribution in [0.4, 0.5) is 0 Å². The van der Waals surface area contributed by atoms with Crippen LogP contribution < -0.4 is 5.32 Å². The van der Waals surface area contributed by atoms with Gasteiger partial charge in [0.05, 0.1) is 5.69 Å². The van der Waals surface area contributed by atoms with E-state index in [4.69, 9.17) is 0 Å². The Morgan fingerprint density at radius 2 is 1.50 bits per heavy atom. The van der Waals surface area contributed by atoms with Crippen molar-refractivity contribution in [3.63, 3.8) is 0 Å². The predicted octanol–water partition coefficient (Wildman–Crippen LogP) is 4.92. The first kappa shape index (κ1) is 15.1. The molecule has 1 N–H and O–H groups in total. The number of rotatable bonds is 5. The van der Waals surface area contributed by atoms with Gasteiger partial charge in [-0.25, -0.2) is 0 Å². The van der Waals surface area contributed by atoms with Gasteiger partial charge in [0.25, 0.3) is 0 Å². The molecule has 0 atom stereocenters. The minimum atomic E-state index is 0.118. The summed E-state index contributed by atoms with van der Waals surface area (Å²) >= 11 is 0. The Morgan fingerprint density at radius 3 is 2.12 bits per heavy atom. The molecule has 1 aliphatic carbocycles. The van der Waals surface area contributed by atoms with Gasteiger partial charge in [0, 0.05) is 18.3 Å². The van der Waals surface area contributed by atoms with E-state index in [2.05, 4.69) is 71.0 Å². The lowest BCUT2D eigenvalue weighted by molar-refractivity contribution is 0.183. The van der Waals surface area contributed by atoms with Crippen LogP contribution in [0, 0.1) is 0 Å². The molecule has 2 nitrogen and oxygen atoms in total. The fourth-order valence-electron chi connectivity index (χ4n) is 3.47. The highest BCUT2D eigenvalue weighted by Gasteiger charge is 2.38. The maximum Gasteiger partial charge on any atom is 0.0541 e. The van der Waals surface area contributed by atoms with E-state index in [1.807, 2.05) is 18.3 Å². The minimum absolute atomic E-state index is 0.118. The summed E-state index contributed by atoms with van der Waals surface area (Å²) in [6.45, 7) is 0.821. The summed E-state index contributed by atoms with van der Waals surface area (Å²) < 4.78 is 0. The molecule has 1 heterocycles. The smallest absolute Gasteiger partial charge is 0.0541 e. The molecule has 0 bridgehead atoms. The molecule has 0 aliphatic heterocycles. The van der Waals surface area contributed by atoms with Gasteiger partial charge in [-0.1, -0.05) is 60.7 Å². The van der Waals surface area contributed by atoms with Crippen LogP contribution in [-0.4, -0.2) is 4.98 Å². The number of hydrogen-bond acceptors (Lipinski definition) is 2. The summed E-state index contributed by atoms with van der Waals surface area (Å²) in [5.74, 6) is 0. The van der Waals surface area contributed by atoms with Gasteiger partial charge in [0.15, 0.2) is 0 Å². The summed E-state index contributed by atoms with van der Waals surface area (Å²) in [4.78, 5) is 4.43. The third-order valence-electron chi connectivity index (χ3n) is 5.09. The zero-order valence-corrected chi connectivity index (χ0v) is 13.8. The highest BCUT2D eigenvalue weighted by Crippen LogP contribution is 2.41. The van der Waals surface area contributed by atoms with Gasteiger partial charge < -0.3 is 5.32 Å². The van der Waals surface area contributed by atoms with E-state index >= 15 is 0 Å². The maximum absolute atomic E-state index is 4.43. The van der Waals surface area contributed by atoms with Gasteiger partial charge in [-0.3, -0.25) is 4.98 Å². The number of pyridine rings is 1. The van der Waals surface area contributed by atoms with E-state index in [0.29, 0.717) is 0 Å². The van der Waals surface area contributed by atoms with Crippen molar-refractivity contribution in [1.29, 1.82) is 0 Å². The van der Waals surface area contributed by atoms with Gasteiger partial charge >= 0.3 is 0 Å². The third kappa shape index (κ3) is 2.98. The van der Waals surface area contributed by atoms with Crippen molar-refractivity contribution in [2.24, 2.45) is 0 Å². The number of hydrogen-bond donors (Lipinski definition) is 1. The molecule has 0 saturated heterocycles. The lowest BCUT2D eigenvalue weighted by Gasteiger charge is -2.43. The van der Waals surface area contributed by atoms with Crippen LogP contribution in [0.1, 0.15) is 30.5 Å². The molecular formula is C22H22N2. The van der Waals surface area contributed by atoms with Gasteiger partial charge in [0.1, 0.15) is 0 Å². The molecule has 0 radical (unpaired) electrons. The minimum Gasteiger partial charge on any atom is -0.302 e. The van der Waals surface area contributed by atoms with Crippen LogP contribution in [0.25, 0.3) is 11.1 Å². The summed E-state index contributed by atoms with van der Waals surface area (Å²) in [5.41, 5.74) is 5.16. The van der Waals surface area contributed by atoms with E-state index in [9.17, 15) is 0 Å². The quantitative estimate of drug-likeness (QED) is 0.723. The predicted molar refractivity (Wildman–Crippen MR) is 98.5 cm³/mol. The van der Waals surface area contributed by atoms with Crippen LogP contribution in [0.3, 0.4) is 0 Å². The number of aromatic nitrogens is 1. The SMILES string of the molecule is c1ccc(-c2ccc(C3(NCc4ccccn4)CCC3)cc2)cc1. The number of nitrogens with one attached hydrogen (secondary N) is 1. The zero-order chi connectivity index (χ0) is 16.2. The molecule has 4 rings (SSSR count).